The Morgan fingerprint density at radius 3 is 2.66 bits per heavy atom. The molecule has 3 aromatic rings. The lowest BCUT2D eigenvalue weighted by Crippen LogP contribution is -2.47. The summed E-state index contributed by atoms with van der Waals surface area (Å²) < 4.78 is 73.7. The third-order valence-electron chi connectivity index (χ3n) is 8.17. The van der Waals surface area contributed by atoms with Crippen LogP contribution in [0.2, 0.25) is 0 Å². The number of hydrogen-bond acceptors (Lipinski definition) is 8. The molecule has 0 aromatic carbocycles. The van der Waals surface area contributed by atoms with Gasteiger partial charge in [-0.15, -0.1) is 0 Å². The van der Waals surface area contributed by atoms with Gasteiger partial charge in [0, 0.05) is 37.6 Å². The van der Waals surface area contributed by atoms with Crippen molar-refractivity contribution in [1.82, 2.24) is 40.5 Å². The Morgan fingerprint density at radius 2 is 1.95 bits per heavy atom. The molecule has 0 radical (unpaired) electrons. The second-order valence-corrected chi connectivity index (χ2v) is 11.2. The Bertz CT molecular complexity index is 1440. The van der Waals surface area contributed by atoms with E-state index in [2.05, 4.69) is 36.0 Å². The molecule has 11 nitrogen and oxygen atoms in total. The lowest BCUT2D eigenvalue weighted by Gasteiger charge is -2.33. The molecule has 4 heterocycles. The number of halogens is 5. The van der Waals surface area contributed by atoms with E-state index in [0.29, 0.717) is 11.4 Å². The first-order valence-corrected chi connectivity index (χ1v) is 13.5. The van der Waals surface area contributed by atoms with E-state index in [1.165, 1.54) is 16.9 Å². The van der Waals surface area contributed by atoms with Crippen molar-refractivity contribution in [3.63, 3.8) is 0 Å². The van der Waals surface area contributed by atoms with E-state index in [1.54, 1.807) is 0 Å². The summed E-state index contributed by atoms with van der Waals surface area (Å²) in [4.78, 5) is 34.2. The zero-order valence-electron chi connectivity index (χ0n) is 21.7. The van der Waals surface area contributed by atoms with Gasteiger partial charge in [-0.25, -0.2) is 27.9 Å². The van der Waals surface area contributed by atoms with Crippen molar-refractivity contribution in [3.8, 4) is 0 Å². The molecule has 2 amide bonds. The molecule has 6 rings (SSSR count). The highest BCUT2D eigenvalue weighted by molar-refractivity contribution is 5.93. The number of piperidine rings is 1. The highest BCUT2D eigenvalue weighted by atomic mass is 19.4. The van der Waals surface area contributed by atoms with Gasteiger partial charge >= 0.3 is 6.18 Å². The summed E-state index contributed by atoms with van der Waals surface area (Å²) in [7, 11) is 0. The molecule has 1 aliphatic heterocycles. The van der Waals surface area contributed by atoms with E-state index in [0.717, 1.165) is 12.8 Å². The summed E-state index contributed by atoms with van der Waals surface area (Å²) in [6, 6.07) is -0.772. The smallest absolute Gasteiger partial charge is 0.355 e. The Kier molecular flexibility index (Phi) is 6.88. The first-order chi connectivity index (χ1) is 19.5. The molecule has 1 saturated heterocycles. The van der Waals surface area contributed by atoms with Gasteiger partial charge in [-0.1, -0.05) is 5.16 Å². The maximum Gasteiger partial charge on any atom is 0.393 e. The standard InChI is InChI=1S/C25H27F5N8O3/c26-24(27)5-3-13(4-6-24)18(34-22(40)20-19(12-1-2-12)36-41-37-20)17-11-38-23(33-17)32-10-16(35-38)8-14-7-15(25(28,29)30)9-31-21(14)39/h10-15,18H,1-9H2,(H,31,39)(H,34,40)/t14?,15-,18-/m0/s1. The fourth-order valence-electron chi connectivity index (χ4n) is 5.68. The molecular weight excluding hydrogens is 555 g/mol. The zero-order valence-corrected chi connectivity index (χ0v) is 21.7. The van der Waals surface area contributed by atoms with Crippen LogP contribution < -0.4 is 10.6 Å². The highest BCUT2D eigenvalue weighted by Crippen LogP contribution is 2.43. The number of carbonyl (C=O) groups excluding carboxylic acids is 2. The van der Waals surface area contributed by atoms with Crippen molar-refractivity contribution in [1.29, 1.82) is 0 Å². The first-order valence-electron chi connectivity index (χ1n) is 13.5. The average molecular weight is 583 g/mol. The predicted octanol–water partition coefficient (Wildman–Crippen LogP) is 3.54. The Hall–Kier alpha value is -3.72. The van der Waals surface area contributed by atoms with E-state index in [9.17, 15) is 31.5 Å². The molecule has 2 N–H and O–H groups in total. The van der Waals surface area contributed by atoms with E-state index in [1.807, 2.05) is 0 Å². The van der Waals surface area contributed by atoms with Crippen LogP contribution in [0.1, 0.15) is 84.5 Å². The second-order valence-electron chi connectivity index (χ2n) is 11.2. The predicted molar refractivity (Wildman–Crippen MR) is 129 cm³/mol. The van der Waals surface area contributed by atoms with Crippen molar-refractivity contribution in [2.45, 2.75) is 75.4 Å². The number of amides is 2. The van der Waals surface area contributed by atoms with Crippen LogP contribution in [0.15, 0.2) is 17.0 Å². The summed E-state index contributed by atoms with van der Waals surface area (Å²) in [5.74, 6) is -6.53. The molecule has 3 aromatic heterocycles. The number of rotatable bonds is 7. The molecule has 3 aliphatic rings. The molecule has 1 unspecified atom stereocenters. The molecule has 0 bridgehead atoms. The highest BCUT2D eigenvalue weighted by Gasteiger charge is 2.45. The van der Waals surface area contributed by atoms with Crippen molar-refractivity contribution >= 4 is 17.6 Å². The monoisotopic (exact) mass is 582 g/mol. The molecule has 41 heavy (non-hydrogen) atoms. The summed E-state index contributed by atoms with van der Waals surface area (Å²) in [6.45, 7) is -0.457. The van der Waals surface area contributed by atoms with Gasteiger partial charge in [-0.05, 0) is 43.2 Å². The van der Waals surface area contributed by atoms with E-state index in [-0.39, 0.29) is 67.5 Å². The Morgan fingerprint density at radius 1 is 1.20 bits per heavy atom. The maximum absolute atomic E-state index is 14.0. The lowest BCUT2D eigenvalue weighted by molar-refractivity contribution is -0.183. The maximum atomic E-state index is 14.0. The minimum Gasteiger partial charge on any atom is -0.355 e. The summed E-state index contributed by atoms with van der Waals surface area (Å²) in [6.07, 6.45) is -0.657. The minimum atomic E-state index is -4.43. The van der Waals surface area contributed by atoms with Crippen LogP contribution in [0.4, 0.5) is 22.0 Å². The average Bonchev–Trinajstić information content (AvgIpc) is 3.48. The number of imidazole rings is 1. The molecular formula is C25H27F5N8O3. The molecule has 2 saturated carbocycles. The summed E-state index contributed by atoms with van der Waals surface area (Å²) in [5.41, 5.74) is 1.12. The summed E-state index contributed by atoms with van der Waals surface area (Å²) in [5, 5.41) is 17.2. The SMILES string of the molecule is O=C(N[C@H](c1cn2nc(CC3C[C@H](C(F)(F)F)CNC3=O)cnc2n1)C1CCC(F)(F)CC1)c1nonc1C1CC1. The number of nitrogens with zero attached hydrogens (tertiary/aromatic N) is 6. The van der Waals surface area contributed by atoms with Gasteiger partial charge in [-0.2, -0.15) is 18.3 Å². The third kappa shape index (κ3) is 5.86. The number of nitrogens with one attached hydrogen (secondary N) is 2. The molecule has 0 spiro atoms. The van der Waals surface area contributed by atoms with Gasteiger partial charge in [-0.3, -0.25) is 9.59 Å². The van der Waals surface area contributed by atoms with Crippen molar-refractivity contribution in [2.75, 3.05) is 6.54 Å². The van der Waals surface area contributed by atoms with Gasteiger partial charge in [0.15, 0.2) is 5.69 Å². The van der Waals surface area contributed by atoms with Crippen molar-refractivity contribution in [3.05, 3.63) is 35.2 Å². The van der Waals surface area contributed by atoms with Crippen LogP contribution in [0.5, 0.6) is 0 Å². The molecule has 2 aliphatic carbocycles. The van der Waals surface area contributed by atoms with Gasteiger partial charge in [0.05, 0.1) is 35.7 Å². The molecule has 16 heteroatoms. The van der Waals surface area contributed by atoms with Gasteiger partial charge in [0.2, 0.25) is 11.8 Å². The summed E-state index contributed by atoms with van der Waals surface area (Å²) >= 11 is 0. The van der Waals surface area contributed by atoms with Crippen molar-refractivity contribution < 1.29 is 36.2 Å². The number of aromatic nitrogens is 6. The van der Waals surface area contributed by atoms with Gasteiger partial charge < -0.3 is 10.6 Å². The second kappa shape index (κ2) is 10.3. The van der Waals surface area contributed by atoms with Crippen LogP contribution in [0.3, 0.4) is 0 Å². The number of carbonyl (C=O) groups is 2. The van der Waals surface area contributed by atoms with E-state index in [4.69, 9.17) is 4.63 Å². The number of alkyl halides is 5. The minimum absolute atomic E-state index is 0.0452. The van der Waals surface area contributed by atoms with Crippen LogP contribution in [-0.2, 0) is 11.2 Å². The van der Waals surface area contributed by atoms with Crippen LogP contribution in [0, 0.1) is 17.8 Å². The van der Waals surface area contributed by atoms with Crippen LogP contribution in [0.25, 0.3) is 5.78 Å². The normalized spacial score (nSPS) is 24.3. The van der Waals surface area contributed by atoms with E-state index < -0.39 is 48.3 Å². The Balaban J connectivity index is 1.24. The van der Waals surface area contributed by atoms with Crippen molar-refractivity contribution in [2.24, 2.45) is 17.8 Å². The molecule has 3 fully saturated rings. The molecule has 3 atom stereocenters. The largest absolute Gasteiger partial charge is 0.393 e. The topological polar surface area (TPSA) is 140 Å². The van der Waals surface area contributed by atoms with Crippen LogP contribution >= 0.6 is 0 Å². The van der Waals surface area contributed by atoms with E-state index >= 15 is 0 Å². The third-order valence-corrected chi connectivity index (χ3v) is 8.17. The van der Waals surface area contributed by atoms with Gasteiger partial charge in [0.1, 0.15) is 5.69 Å². The van der Waals surface area contributed by atoms with Gasteiger partial charge in [0.25, 0.3) is 11.7 Å². The fraction of sp³-hybridized carbons (Fsp3) is 0.640. The fourth-order valence-corrected chi connectivity index (χ4v) is 5.68. The lowest BCUT2D eigenvalue weighted by atomic mass is 9.81. The van der Waals surface area contributed by atoms with Crippen LogP contribution in [-0.4, -0.2) is 60.4 Å². The zero-order chi connectivity index (χ0) is 28.9. The number of hydrogen-bond donors (Lipinski definition) is 2. The Labute approximate surface area is 229 Å². The first kappa shape index (κ1) is 27.4. The quantitative estimate of drug-likeness (QED) is 0.403. The number of fused-ring (bicyclic) bond motifs is 1. The molecule has 220 valence electrons.